The molecule has 1 aliphatic rings. The van der Waals surface area contributed by atoms with Crippen LogP contribution in [0.3, 0.4) is 0 Å². The number of hydrogen-bond donors (Lipinski definition) is 2. The smallest absolute Gasteiger partial charge is 0.0770 e. The van der Waals surface area contributed by atoms with Crippen molar-refractivity contribution < 1.29 is 9.84 Å². The minimum Gasteiger partial charge on any atom is -0.395 e. The van der Waals surface area contributed by atoms with Gasteiger partial charge < -0.3 is 15.2 Å². The minimum absolute atomic E-state index is 0.0721. The standard InChI is InChI=1S/C14H20BrNO2/c1-10(9-17)16-14(13-3-2-8-18-13)11-4-6-12(15)7-5-11/h4-7,10,13-14,16-17H,2-3,8-9H2,1H3/t10-,13+,14-/m1/s1. The second-order valence-corrected chi connectivity index (χ2v) is 5.75. The minimum atomic E-state index is 0.0721. The van der Waals surface area contributed by atoms with Gasteiger partial charge in [-0.1, -0.05) is 28.1 Å². The third-order valence-corrected chi connectivity index (χ3v) is 3.83. The van der Waals surface area contributed by atoms with Gasteiger partial charge in [-0.15, -0.1) is 0 Å². The van der Waals surface area contributed by atoms with E-state index < -0.39 is 0 Å². The molecule has 18 heavy (non-hydrogen) atoms. The fraction of sp³-hybridized carbons (Fsp3) is 0.571. The van der Waals surface area contributed by atoms with E-state index in [1.165, 1.54) is 5.56 Å². The number of rotatable bonds is 5. The van der Waals surface area contributed by atoms with Gasteiger partial charge in [0.2, 0.25) is 0 Å². The second kappa shape index (κ2) is 6.66. The average molecular weight is 314 g/mol. The van der Waals surface area contributed by atoms with Crippen molar-refractivity contribution in [1.29, 1.82) is 0 Å². The van der Waals surface area contributed by atoms with E-state index in [-0.39, 0.29) is 24.8 Å². The van der Waals surface area contributed by atoms with E-state index in [4.69, 9.17) is 4.74 Å². The van der Waals surface area contributed by atoms with Crippen molar-refractivity contribution >= 4 is 15.9 Å². The highest BCUT2D eigenvalue weighted by Crippen LogP contribution is 2.28. The Labute approximate surface area is 117 Å². The van der Waals surface area contributed by atoms with Gasteiger partial charge in [0.05, 0.1) is 18.8 Å². The Hall–Kier alpha value is -0.420. The average Bonchev–Trinajstić information content (AvgIpc) is 2.90. The molecule has 0 amide bonds. The molecule has 0 saturated carbocycles. The molecule has 1 fully saturated rings. The maximum Gasteiger partial charge on any atom is 0.0770 e. The Bertz CT molecular complexity index is 363. The van der Waals surface area contributed by atoms with Crippen LogP contribution in [-0.4, -0.2) is 30.5 Å². The summed E-state index contributed by atoms with van der Waals surface area (Å²) in [6, 6.07) is 8.53. The maximum atomic E-state index is 9.21. The van der Waals surface area contributed by atoms with Crippen LogP contribution in [0.5, 0.6) is 0 Å². The Balaban J connectivity index is 2.14. The Morgan fingerprint density at radius 1 is 1.44 bits per heavy atom. The summed E-state index contributed by atoms with van der Waals surface area (Å²) in [7, 11) is 0. The fourth-order valence-corrected chi connectivity index (χ4v) is 2.58. The molecular weight excluding hydrogens is 294 g/mol. The van der Waals surface area contributed by atoms with Crippen molar-refractivity contribution in [3.05, 3.63) is 34.3 Å². The van der Waals surface area contributed by atoms with Gasteiger partial charge in [-0.2, -0.15) is 0 Å². The highest BCUT2D eigenvalue weighted by atomic mass is 79.9. The van der Waals surface area contributed by atoms with E-state index in [0.29, 0.717) is 0 Å². The molecule has 1 saturated heterocycles. The number of hydrogen-bond acceptors (Lipinski definition) is 3. The highest BCUT2D eigenvalue weighted by Gasteiger charge is 2.28. The molecule has 0 bridgehead atoms. The van der Waals surface area contributed by atoms with Crippen LogP contribution in [0.4, 0.5) is 0 Å². The maximum absolute atomic E-state index is 9.21. The summed E-state index contributed by atoms with van der Waals surface area (Å²) >= 11 is 3.45. The molecule has 2 N–H and O–H groups in total. The van der Waals surface area contributed by atoms with Crippen molar-refractivity contribution in [3.8, 4) is 0 Å². The number of nitrogens with one attached hydrogen (secondary N) is 1. The molecule has 2 rings (SSSR count). The van der Waals surface area contributed by atoms with Gasteiger partial charge in [-0.25, -0.2) is 0 Å². The summed E-state index contributed by atoms with van der Waals surface area (Å²) < 4.78 is 6.87. The van der Waals surface area contributed by atoms with E-state index in [1.54, 1.807) is 0 Å². The predicted octanol–water partition coefficient (Wildman–Crippen LogP) is 2.64. The lowest BCUT2D eigenvalue weighted by atomic mass is 9.98. The summed E-state index contributed by atoms with van der Waals surface area (Å²) in [6.07, 6.45) is 2.40. The van der Waals surface area contributed by atoms with E-state index in [1.807, 2.05) is 19.1 Å². The number of ether oxygens (including phenoxy) is 1. The van der Waals surface area contributed by atoms with Gasteiger partial charge in [0, 0.05) is 17.1 Å². The monoisotopic (exact) mass is 313 g/mol. The molecule has 0 aromatic heterocycles. The molecule has 1 aromatic carbocycles. The lowest BCUT2D eigenvalue weighted by Gasteiger charge is -2.27. The van der Waals surface area contributed by atoms with E-state index in [0.717, 1.165) is 23.9 Å². The summed E-state index contributed by atoms with van der Waals surface area (Å²) in [5.74, 6) is 0. The van der Waals surface area contributed by atoms with Crippen LogP contribution >= 0.6 is 15.9 Å². The second-order valence-electron chi connectivity index (χ2n) is 4.83. The quantitative estimate of drug-likeness (QED) is 0.878. The first-order valence-electron chi connectivity index (χ1n) is 6.44. The van der Waals surface area contributed by atoms with Crippen LogP contribution in [-0.2, 0) is 4.74 Å². The van der Waals surface area contributed by atoms with Crippen LogP contribution in [0.25, 0.3) is 0 Å². The molecule has 3 nitrogen and oxygen atoms in total. The van der Waals surface area contributed by atoms with Gasteiger partial charge in [0.25, 0.3) is 0 Å². The third-order valence-electron chi connectivity index (χ3n) is 3.30. The van der Waals surface area contributed by atoms with Crippen molar-refractivity contribution in [1.82, 2.24) is 5.32 Å². The molecule has 4 heteroatoms. The molecule has 1 aromatic rings. The van der Waals surface area contributed by atoms with E-state index >= 15 is 0 Å². The molecule has 100 valence electrons. The summed E-state index contributed by atoms with van der Waals surface area (Å²) in [5.41, 5.74) is 1.21. The lowest BCUT2D eigenvalue weighted by Crippen LogP contribution is -2.39. The van der Waals surface area contributed by atoms with Crippen LogP contribution < -0.4 is 5.32 Å². The first-order chi connectivity index (χ1) is 8.70. The van der Waals surface area contributed by atoms with E-state index in [2.05, 4.69) is 33.4 Å². The molecule has 0 spiro atoms. The Kier molecular flexibility index (Phi) is 5.18. The van der Waals surface area contributed by atoms with Crippen LogP contribution in [0.2, 0.25) is 0 Å². The van der Waals surface area contributed by atoms with Gasteiger partial charge >= 0.3 is 0 Å². The zero-order valence-corrected chi connectivity index (χ0v) is 12.2. The topological polar surface area (TPSA) is 41.5 Å². The van der Waals surface area contributed by atoms with Gasteiger partial charge in [0.1, 0.15) is 0 Å². The molecular formula is C14H20BrNO2. The Morgan fingerprint density at radius 2 is 2.17 bits per heavy atom. The summed E-state index contributed by atoms with van der Waals surface area (Å²) in [4.78, 5) is 0. The predicted molar refractivity (Wildman–Crippen MR) is 75.5 cm³/mol. The van der Waals surface area contributed by atoms with E-state index in [9.17, 15) is 5.11 Å². The molecule has 0 unspecified atom stereocenters. The highest BCUT2D eigenvalue weighted by molar-refractivity contribution is 9.10. The fourth-order valence-electron chi connectivity index (χ4n) is 2.31. The third kappa shape index (κ3) is 3.54. The number of benzene rings is 1. The van der Waals surface area contributed by atoms with Gasteiger partial charge in [-0.05, 0) is 37.5 Å². The van der Waals surface area contributed by atoms with Crippen molar-refractivity contribution in [2.75, 3.05) is 13.2 Å². The first-order valence-corrected chi connectivity index (χ1v) is 7.24. The number of aliphatic hydroxyl groups is 1. The van der Waals surface area contributed by atoms with Crippen LogP contribution in [0.15, 0.2) is 28.7 Å². The summed E-state index contributed by atoms with van der Waals surface area (Å²) in [6.45, 7) is 2.97. The zero-order chi connectivity index (χ0) is 13.0. The van der Waals surface area contributed by atoms with Crippen LogP contribution in [0.1, 0.15) is 31.4 Å². The SMILES string of the molecule is C[C@H](CO)N[C@H](c1ccc(Br)cc1)[C@@H]1CCCO1. The van der Waals surface area contributed by atoms with Crippen molar-refractivity contribution in [2.45, 2.75) is 38.0 Å². The largest absolute Gasteiger partial charge is 0.395 e. The molecule has 3 atom stereocenters. The van der Waals surface area contributed by atoms with Crippen molar-refractivity contribution in [3.63, 3.8) is 0 Å². The first kappa shape index (κ1) is 14.0. The zero-order valence-electron chi connectivity index (χ0n) is 10.6. The van der Waals surface area contributed by atoms with Gasteiger partial charge in [-0.3, -0.25) is 0 Å². The summed E-state index contributed by atoms with van der Waals surface area (Å²) in [5, 5.41) is 12.7. The lowest BCUT2D eigenvalue weighted by molar-refractivity contribution is 0.0708. The van der Waals surface area contributed by atoms with Crippen molar-refractivity contribution in [2.24, 2.45) is 0 Å². The molecule has 0 aliphatic carbocycles. The normalized spacial score (nSPS) is 22.9. The number of halogens is 1. The number of aliphatic hydroxyl groups excluding tert-OH is 1. The molecule has 0 radical (unpaired) electrons. The van der Waals surface area contributed by atoms with Gasteiger partial charge in [0.15, 0.2) is 0 Å². The Morgan fingerprint density at radius 3 is 2.72 bits per heavy atom. The van der Waals surface area contributed by atoms with Crippen LogP contribution in [0, 0.1) is 0 Å². The molecule has 1 aliphatic heterocycles. The molecule has 1 heterocycles.